The first-order valence-corrected chi connectivity index (χ1v) is 5.34. The van der Waals surface area contributed by atoms with E-state index in [0.29, 0.717) is 6.10 Å². The fourth-order valence-corrected chi connectivity index (χ4v) is 2.01. The van der Waals surface area contributed by atoms with Crippen LogP contribution >= 0.6 is 0 Å². The van der Waals surface area contributed by atoms with Gasteiger partial charge in [-0.1, -0.05) is 0 Å². The summed E-state index contributed by atoms with van der Waals surface area (Å²) < 4.78 is 5.35. The molecule has 82 valence electrons. The number of benzene rings is 1. The minimum absolute atomic E-state index is 0.378. The monoisotopic (exact) mass is 206 g/mol. The van der Waals surface area contributed by atoms with Crippen molar-refractivity contribution in [1.29, 1.82) is 0 Å². The lowest BCUT2D eigenvalue weighted by molar-refractivity contribution is 0.121. The average molecular weight is 206 g/mol. The number of ether oxygens (including phenoxy) is 1. The maximum atomic E-state index is 5.80. The van der Waals surface area contributed by atoms with Crippen molar-refractivity contribution in [3.05, 3.63) is 23.8 Å². The molecule has 0 amide bonds. The van der Waals surface area contributed by atoms with E-state index in [-0.39, 0.29) is 0 Å². The molecule has 1 unspecified atom stereocenters. The van der Waals surface area contributed by atoms with Crippen LogP contribution in [-0.2, 0) is 4.74 Å². The van der Waals surface area contributed by atoms with E-state index >= 15 is 0 Å². The van der Waals surface area contributed by atoms with Gasteiger partial charge in [-0.15, -0.1) is 0 Å². The molecule has 15 heavy (non-hydrogen) atoms. The van der Waals surface area contributed by atoms with Crippen molar-refractivity contribution in [2.24, 2.45) is 0 Å². The molecule has 1 atom stereocenters. The molecule has 1 aliphatic heterocycles. The quantitative estimate of drug-likeness (QED) is 0.750. The number of hydrogen-bond donors (Lipinski definition) is 1. The molecule has 0 spiro atoms. The molecule has 2 rings (SSSR count). The largest absolute Gasteiger partial charge is 0.399 e. The molecule has 0 aliphatic carbocycles. The summed E-state index contributed by atoms with van der Waals surface area (Å²) in [6, 6.07) is 6.21. The van der Waals surface area contributed by atoms with E-state index in [2.05, 4.69) is 17.0 Å². The Morgan fingerprint density at radius 1 is 1.47 bits per heavy atom. The normalized spacial score (nSPS) is 20.9. The van der Waals surface area contributed by atoms with E-state index < -0.39 is 0 Å². The van der Waals surface area contributed by atoms with Gasteiger partial charge in [0.2, 0.25) is 0 Å². The average Bonchev–Trinajstić information content (AvgIpc) is 2.70. The Balaban J connectivity index is 2.13. The minimum Gasteiger partial charge on any atom is -0.399 e. The van der Waals surface area contributed by atoms with Crippen LogP contribution in [0.1, 0.15) is 12.0 Å². The summed E-state index contributed by atoms with van der Waals surface area (Å²) in [4.78, 5) is 2.35. The number of nitrogens with zero attached hydrogens (tertiary/aromatic N) is 1. The molecule has 0 aromatic heterocycles. The van der Waals surface area contributed by atoms with Crippen molar-refractivity contribution >= 4 is 11.4 Å². The third-order valence-corrected chi connectivity index (χ3v) is 3.10. The summed E-state index contributed by atoms with van der Waals surface area (Å²) in [7, 11) is 1.78. The van der Waals surface area contributed by atoms with E-state index in [1.54, 1.807) is 7.11 Å². The highest BCUT2D eigenvalue weighted by atomic mass is 16.5. The lowest BCUT2D eigenvalue weighted by Gasteiger charge is -2.19. The van der Waals surface area contributed by atoms with Crippen molar-refractivity contribution in [2.75, 3.05) is 30.8 Å². The third kappa shape index (κ3) is 2.07. The van der Waals surface area contributed by atoms with Gasteiger partial charge in [-0.25, -0.2) is 0 Å². The standard InChI is InChI=1S/C12H18N2O/c1-9-7-10(3-4-12(9)13)14-6-5-11(8-14)15-2/h3-4,7,11H,5-6,8,13H2,1-2H3. The molecule has 2 N–H and O–H groups in total. The lowest BCUT2D eigenvalue weighted by atomic mass is 10.2. The third-order valence-electron chi connectivity index (χ3n) is 3.10. The van der Waals surface area contributed by atoms with Gasteiger partial charge in [0.25, 0.3) is 0 Å². The van der Waals surface area contributed by atoms with Crippen LogP contribution < -0.4 is 10.6 Å². The van der Waals surface area contributed by atoms with Gasteiger partial charge in [0.05, 0.1) is 6.10 Å². The number of methoxy groups -OCH3 is 1. The Morgan fingerprint density at radius 3 is 2.87 bits per heavy atom. The molecule has 3 nitrogen and oxygen atoms in total. The summed E-state index contributed by atoms with van der Waals surface area (Å²) in [6.45, 7) is 4.10. The van der Waals surface area contributed by atoms with E-state index in [0.717, 1.165) is 30.8 Å². The van der Waals surface area contributed by atoms with Gasteiger partial charge in [0.15, 0.2) is 0 Å². The highest BCUT2D eigenvalue weighted by Gasteiger charge is 2.22. The SMILES string of the molecule is COC1CCN(c2ccc(N)c(C)c2)C1. The minimum atomic E-state index is 0.378. The molecular formula is C12H18N2O. The summed E-state index contributed by atoms with van der Waals surface area (Å²) in [5, 5.41) is 0. The highest BCUT2D eigenvalue weighted by molar-refractivity contribution is 5.58. The fourth-order valence-electron chi connectivity index (χ4n) is 2.01. The number of aryl methyl sites for hydroxylation is 1. The van der Waals surface area contributed by atoms with Crippen LogP contribution in [0.4, 0.5) is 11.4 Å². The van der Waals surface area contributed by atoms with Crippen LogP contribution in [0.25, 0.3) is 0 Å². The van der Waals surface area contributed by atoms with Crippen LogP contribution in [0.5, 0.6) is 0 Å². The van der Waals surface area contributed by atoms with E-state index in [1.807, 2.05) is 13.0 Å². The molecule has 1 fully saturated rings. The van der Waals surface area contributed by atoms with Crippen molar-refractivity contribution in [3.63, 3.8) is 0 Å². The Kier molecular flexibility index (Phi) is 2.82. The zero-order chi connectivity index (χ0) is 10.8. The first kappa shape index (κ1) is 10.3. The number of rotatable bonds is 2. The second-order valence-corrected chi connectivity index (χ2v) is 4.13. The number of hydrogen-bond acceptors (Lipinski definition) is 3. The number of nitrogens with two attached hydrogens (primary N) is 1. The van der Waals surface area contributed by atoms with Crippen molar-refractivity contribution in [3.8, 4) is 0 Å². The maximum absolute atomic E-state index is 5.80. The first-order valence-electron chi connectivity index (χ1n) is 5.34. The smallest absolute Gasteiger partial charge is 0.0762 e. The predicted octanol–water partition coefficient (Wildman–Crippen LogP) is 1.80. The molecule has 0 saturated carbocycles. The summed E-state index contributed by atoms with van der Waals surface area (Å²) >= 11 is 0. The van der Waals surface area contributed by atoms with Crippen molar-refractivity contribution in [2.45, 2.75) is 19.4 Å². The van der Waals surface area contributed by atoms with E-state index in [4.69, 9.17) is 10.5 Å². The summed E-state index contributed by atoms with van der Waals surface area (Å²) in [5.41, 5.74) is 9.06. The molecule has 1 aromatic rings. The van der Waals surface area contributed by atoms with Gasteiger partial charge >= 0.3 is 0 Å². The fraction of sp³-hybridized carbons (Fsp3) is 0.500. The van der Waals surface area contributed by atoms with Gasteiger partial charge in [-0.2, -0.15) is 0 Å². The van der Waals surface area contributed by atoms with Gasteiger partial charge in [0.1, 0.15) is 0 Å². The molecular weight excluding hydrogens is 188 g/mol. The second-order valence-electron chi connectivity index (χ2n) is 4.13. The summed E-state index contributed by atoms with van der Waals surface area (Å²) in [5.74, 6) is 0. The van der Waals surface area contributed by atoms with Crippen molar-refractivity contribution in [1.82, 2.24) is 0 Å². The van der Waals surface area contributed by atoms with Gasteiger partial charge < -0.3 is 15.4 Å². The topological polar surface area (TPSA) is 38.5 Å². The van der Waals surface area contributed by atoms with Gasteiger partial charge in [0, 0.05) is 31.6 Å². The maximum Gasteiger partial charge on any atom is 0.0762 e. The van der Waals surface area contributed by atoms with Crippen LogP contribution in [0.15, 0.2) is 18.2 Å². The van der Waals surface area contributed by atoms with Gasteiger partial charge in [-0.05, 0) is 37.1 Å². The molecule has 0 bridgehead atoms. The molecule has 3 heteroatoms. The zero-order valence-electron chi connectivity index (χ0n) is 9.36. The molecule has 0 radical (unpaired) electrons. The Morgan fingerprint density at radius 2 is 2.27 bits per heavy atom. The molecule has 1 saturated heterocycles. The van der Waals surface area contributed by atoms with Gasteiger partial charge in [-0.3, -0.25) is 0 Å². The predicted molar refractivity (Wildman–Crippen MR) is 63.2 cm³/mol. The van der Waals surface area contributed by atoms with Crippen LogP contribution in [0.3, 0.4) is 0 Å². The van der Waals surface area contributed by atoms with E-state index in [1.165, 1.54) is 5.69 Å². The lowest BCUT2D eigenvalue weighted by Crippen LogP contribution is -2.22. The Bertz CT molecular complexity index is 351. The van der Waals surface area contributed by atoms with Crippen LogP contribution in [-0.4, -0.2) is 26.3 Å². The Hall–Kier alpha value is -1.22. The highest BCUT2D eigenvalue weighted by Crippen LogP contribution is 2.24. The van der Waals surface area contributed by atoms with Crippen LogP contribution in [0, 0.1) is 6.92 Å². The number of nitrogen functional groups attached to an aromatic ring is 1. The van der Waals surface area contributed by atoms with E-state index in [9.17, 15) is 0 Å². The first-order chi connectivity index (χ1) is 7.20. The molecule has 1 aliphatic rings. The molecule has 1 heterocycles. The number of anilines is 2. The zero-order valence-corrected chi connectivity index (χ0v) is 9.36. The molecule has 1 aromatic carbocycles. The van der Waals surface area contributed by atoms with Crippen molar-refractivity contribution < 1.29 is 4.74 Å². The second kappa shape index (κ2) is 4.11. The Labute approximate surface area is 90.8 Å². The van der Waals surface area contributed by atoms with Crippen LogP contribution in [0.2, 0.25) is 0 Å². The summed E-state index contributed by atoms with van der Waals surface area (Å²) in [6.07, 6.45) is 1.49.